The molecule has 6 heteroatoms. The zero-order valence-electron chi connectivity index (χ0n) is 8.88. The summed E-state index contributed by atoms with van der Waals surface area (Å²) < 4.78 is 51.8. The summed E-state index contributed by atoms with van der Waals surface area (Å²) in [7, 11) is 0. The zero-order valence-corrected chi connectivity index (χ0v) is 8.88. The minimum absolute atomic E-state index is 0.353. The van der Waals surface area contributed by atoms with Gasteiger partial charge in [0.15, 0.2) is 0 Å². The Morgan fingerprint density at radius 1 is 1.06 bits per heavy atom. The number of pyridine rings is 1. The third-order valence-electron chi connectivity index (χ3n) is 2.40. The summed E-state index contributed by atoms with van der Waals surface area (Å²) in [6.07, 6.45) is -3.86. The molecule has 0 unspecified atom stereocenters. The second-order valence-corrected chi connectivity index (χ2v) is 3.60. The molecule has 0 saturated carbocycles. The quantitative estimate of drug-likeness (QED) is 0.782. The molecular formula is C12H7F4NO. The topological polar surface area (TPSA) is 32.9 Å². The van der Waals surface area contributed by atoms with Crippen LogP contribution >= 0.6 is 0 Å². The molecule has 0 aliphatic carbocycles. The Kier molecular flexibility index (Phi) is 2.94. The molecule has 0 radical (unpaired) electrons. The fourth-order valence-electron chi connectivity index (χ4n) is 1.63. The van der Waals surface area contributed by atoms with Gasteiger partial charge in [-0.2, -0.15) is 13.2 Å². The van der Waals surface area contributed by atoms with Crippen LogP contribution in [-0.4, -0.2) is 4.98 Å². The van der Waals surface area contributed by atoms with Crippen molar-refractivity contribution >= 4 is 0 Å². The fraction of sp³-hybridized carbons (Fsp3) is 0.0833. The van der Waals surface area contributed by atoms with Crippen LogP contribution in [0.4, 0.5) is 17.6 Å². The van der Waals surface area contributed by atoms with E-state index in [1.165, 1.54) is 12.1 Å². The summed E-state index contributed by atoms with van der Waals surface area (Å²) in [5, 5.41) is 0. The van der Waals surface area contributed by atoms with Crippen LogP contribution in [-0.2, 0) is 6.18 Å². The van der Waals surface area contributed by atoms with Crippen LogP contribution in [0.3, 0.4) is 0 Å². The van der Waals surface area contributed by atoms with Crippen molar-refractivity contribution in [2.45, 2.75) is 6.18 Å². The van der Waals surface area contributed by atoms with Crippen molar-refractivity contribution in [1.29, 1.82) is 0 Å². The van der Waals surface area contributed by atoms with Crippen LogP contribution in [0, 0.1) is 5.82 Å². The molecule has 2 rings (SSSR count). The Morgan fingerprint density at radius 2 is 1.72 bits per heavy atom. The van der Waals surface area contributed by atoms with Crippen LogP contribution < -0.4 is 5.56 Å². The summed E-state index contributed by atoms with van der Waals surface area (Å²) in [4.78, 5) is 13.1. The zero-order chi connectivity index (χ0) is 13.3. The van der Waals surface area contributed by atoms with Gasteiger partial charge >= 0.3 is 6.18 Å². The van der Waals surface area contributed by atoms with Crippen molar-refractivity contribution in [2.24, 2.45) is 0 Å². The number of halogens is 4. The largest absolute Gasteiger partial charge is 0.417 e. The minimum atomic E-state index is -4.61. The van der Waals surface area contributed by atoms with E-state index in [0.717, 1.165) is 24.4 Å². The van der Waals surface area contributed by atoms with Gasteiger partial charge in [-0.1, -0.05) is 18.2 Å². The molecule has 1 aromatic carbocycles. The third kappa shape index (κ3) is 2.27. The monoisotopic (exact) mass is 257 g/mol. The molecule has 0 atom stereocenters. The molecule has 1 N–H and O–H groups in total. The minimum Gasteiger partial charge on any atom is -0.326 e. The molecule has 0 aliphatic rings. The van der Waals surface area contributed by atoms with Crippen molar-refractivity contribution in [3.8, 4) is 11.1 Å². The number of H-pyrrole nitrogens is 1. The first-order chi connectivity index (χ1) is 8.39. The summed E-state index contributed by atoms with van der Waals surface area (Å²) in [5.41, 5.74) is -2.36. The summed E-state index contributed by atoms with van der Waals surface area (Å²) in [6.45, 7) is 0. The van der Waals surface area contributed by atoms with Gasteiger partial charge in [-0.05, 0) is 11.6 Å². The maximum Gasteiger partial charge on any atom is 0.417 e. The second kappa shape index (κ2) is 4.29. The lowest BCUT2D eigenvalue weighted by molar-refractivity contribution is -0.137. The molecule has 0 spiro atoms. The Balaban J connectivity index is 2.72. The number of aromatic amines is 1. The number of aromatic nitrogens is 1. The predicted octanol–water partition coefficient (Wildman–Crippen LogP) is 3.20. The van der Waals surface area contributed by atoms with E-state index in [1.807, 2.05) is 0 Å². The van der Waals surface area contributed by atoms with Gasteiger partial charge in [0.05, 0.1) is 5.56 Å². The second-order valence-electron chi connectivity index (χ2n) is 3.60. The standard InChI is InChI=1S/C12H7F4NO/c13-10-6-17-11(18)5-8(10)7-3-1-2-4-9(7)12(14,15)16/h1-6H,(H,17,18). The van der Waals surface area contributed by atoms with Crippen molar-refractivity contribution in [3.63, 3.8) is 0 Å². The molecule has 1 heterocycles. The van der Waals surface area contributed by atoms with Gasteiger partial charge in [-0.15, -0.1) is 0 Å². The molecule has 2 nitrogen and oxygen atoms in total. The highest BCUT2D eigenvalue weighted by Crippen LogP contribution is 2.37. The number of hydrogen-bond acceptors (Lipinski definition) is 1. The van der Waals surface area contributed by atoms with E-state index in [1.54, 1.807) is 0 Å². The highest BCUT2D eigenvalue weighted by atomic mass is 19.4. The van der Waals surface area contributed by atoms with E-state index in [9.17, 15) is 22.4 Å². The Bertz CT molecular complexity index is 630. The Hall–Kier alpha value is -2.11. The summed E-state index contributed by atoms with van der Waals surface area (Å²) >= 11 is 0. The van der Waals surface area contributed by atoms with Crippen molar-refractivity contribution < 1.29 is 17.6 Å². The fourth-order valence-corrected chi connectivity index (χ4v) is 1.63. The van der Waals surface area contributed by atoms with Gasteiger partial charge in [0.1, 0.15) is 5.82 Å². The number of nitrogens with one attached hydrogen (secondary N) is 1. The Morgan fingerprint density at radius 3 is 2.39 bits per heavy atom. The van der Waals surface area contributed by atoms with Gasteiger partial charge in [-0.25, -0.2) is 4.39 Å². The first-order valence-electron chi connectivity index (χ1n) is 4.94. The van der Waals surface area contributed by atoms with E-state index in [-0.39, 0.29) is 11.1 Å². The van der Waals surface area contributed by atoms with E-state index in [0.29, 0.717) is 0 Å². The van der Waals surface area contributed by atoms with E-state index >= 15 is 0 Å². The molecule has 0 bridgehead atoms. The normalized spacial score (nSPS) is 11.6. The number of benzene rings is 1. The molecule has 0 aliphatic heterocycles. The molecule has 0 amide bonds. The molecule has 0 fully saturated rings. The lowest BCUT2D eigenvalue weighted by Gasteiger charge is -2.12. The molecule has 0 saturated heterocycles. The summed E-state index contributed by atoms with van der Waals surface area (Å²) in [6, 6.07) is 5.33. The molecule has 18 heavy (non-hydrogen) atoms. The molecule has 94 valence electrons. The molecule has 2 aromatic rings. The molecular weight excluding hydrogens is 250 g/mol. The van der Waals surface area contributed by atoms with Crippen molar-refractivity contribution in [2.75, 3.05) is 0 Å². The van der Waals surface area contributed by atoms with Gasteiger partial charge in [0.25, 0.3) is 0 Å². The Labute approximate surface area is 98.9 Å². The van der Waals surface area contributed by atoms with Crippen LogP contribution in [0.15, 0.2) is 41.3 Å². The highest BCUT2D eigenvalue weighted by Gasteiger charge is 2.33. The lowest BCUT2D eigenvalue weighted by Crippen LogP contribution is -2.10. The number of alkyl halides is 3. The van der Waals surface area contributed by atoms with Crippen molar-refractivity contribution in [3.05, 3.63) is 58.3 Å². The smallest absolute Gasteiger partial charge is 0.326 e. The maximum absolute atomic E-state index is 13.5. The van der Waals surface area contributed by atoms with E-state index in [4.69, 9.17) is 0 Å². The van der Waals surface area contributed by atoms with Gasteiger partial charge < -0.3 is 4.98 Å². The van der Waals surface area contributed by atoms with E-state index in [2.05, 4.69) is 4.98 Å². The predicted molar refractivity (Wildman–Crippen MR) is 57.5 cm³/mol. The van der Waals surface area contributed by atoms with Gasteiger partial charge in [0.2, 0.25) is 5.56 Å². The van der Waals surface area contributed by atoms with Gasteiger partial charge in [-0.3, -0.25) is 4.79 Å². The lowest BCUT2D eigenvalue weighted by atomic mass is 10.00. The third-order valence-corrected chi connectivity index (χ3v) is 2.40. The van der Waals surface area contributed by atoms with E-state index < -0.39 is 23.1 Å². The number of hydrogen-bond donors (Lipinski definition) is 1. The molecule has 1 aromatic heterocycles. The maximum atomic E-state index is 13.5. The number of rotatable bonds is 1. The average Bonchev–Trinajstić information content (AvgIpc) is 2.31. The van der Waals surface area contributed by atoms with Crippen LogP contribution in [0.1, 0.15) is 5.56 Å². The average molecular weight is 257 g/mol. The first kappa shape index (κ1) is 12.3. The SMILES string of the molecule is O=c1cc(-c2ccccc2C(F)(F)F)c(F)c[nH]1. The van der Waals surface area contributed by atoms with Crippen LogP contribution in [0.2, 0.25) is 0 Å². The summed E-state index contributed by atoms with van der Waals surface area (Å²) in [5.74, 6) is -0.911. The van der Waals surface area contributed by atoms with Gasteiger partial charge in [0, 0.05) is 17.8 Å². The highest BCUT2D eigenvalue weighted by molar-refractivity contribution is 5.68. The van der Waals surface area contributed by atoms with Crippen molar-refractivity contribution in [1.82, 2.24) is 4.98 Å². The van der Waals surface area contributed by atoms with Crippen LogP contribution in [0.25, 0.3) is 11.1 Å². The first-order valence-corrected chi connectivity index (χ1v) is 4.94. The van der Waals surface area contributed by atoms with Crippen LogP contribution in [0.5, 0.6) is 0 Å².